The Balaban J connectivity index is 1.43. The molecule has 1 heterocycles. The number of rotatable bonds is 8. The minimum atomic E-state index is -4.41. The monoisotopic (exact) mass is 606 g/mol. The number of aromatic nitrogens is 2. The van der Waals surface area contributed by atoms with Gasteiger partial charge >= 0.3 is 12.1 Å². The van der Waals surface area contributed by atoms with Crippen LogP contribution in [0.25, 0.3) is 34.5 Å². The molecular formula is C33H23Cl2F3N2O2. The van der Waals surface area contributed by atoms with Crippen LogP contribution in [-0.2, 0) is 23.9 Å². The molecule has 5 aromatic rings. The highest BCUT2D eigenvalue weighted by atomic mass is 35.5. The van der Waals surface area contributed by atoms with Crippen LogP contribution in [0.2, 0.25) is 10.0 Å². The lowest BCUT2D eigenvalue weighted by Gasteiger charge is -2.09. The molecule has 0 aliphatic heterocycles. The molecule has 4 aromatic carbocycles. The van der Waals surface area contributed by atoms with Gasteiger partial charge in [0.05, 0.1) is 22.7 Å². The molecule has 42 heavy (non-hydrogen) atoms. The third kappa shape index (κ3) is 7.11. The number of halogens is 5. The van der Waals surface area contributed by atoms with Crippen molar-refractivity contribution in [2.45, 2.75) is 19.1 Å². The fourth-order valence-corrected chi connectivity index (χ4v) is 4.99. The molecule has 0 radical (unpaired) electrons. The van der Waals surface area contributed by atoms with E-state index < -0.39 is 17.7 Å². The SMILES string of the molecule is O=C(O)Cc1ccc(Cn2cc(-c3ccc(Cl)cc3Cl)nc2/C=C/c2ccc(-c3cccc(C(F)(F)F)c3)cc2)cc1. The molecule has 0 spiro atoms. The van der Waals surface area contributed by atoms with E-state index in [0.717, 1.165) is 28.8 Å². The first kappa shape index (κ1) is 29.2. The number of nitrogens with zero attached hydrogens (tertiary/aromatic N) is 2. The van der Waals surface area contributed by atoms with Crippen LogP contribution in [0.5, 0.6) is 0 Å². The van der Waals surface area contributed by atoms with Crippen molar-refractivity contribution >= 4 is 41.3 Å². The van der Waals surface area contributed by atoms with E-state index in [2.05, 4.69) is 0 Å². The maximum atomic E-state index is 13.1. The molecule has 0 saturated carbocycles. The lowest BCUT2D eigenvalue weighted by molar-refractivity contribution is -0.138. The van der Waals surface area contributed by atoms with E-state index in [9.17, 15) is 18.0 Å². The standard InChI is InChI=1S/C33H23Cl2F3N2O2/c34-27-13-14-28(29(35)18-27)30-20-40(19-23-6-4-22(5-7-23)16-32(41)42)31(39-30)15-10-21-8-11-24(12-9-21)25-2-1-3-26(17-25)33(36,37)38/h1-15,17-18,20H,16,19H2,(H,41,42)/b15-10+. The molecule has 212 valence electrons. The summed E-state index contributed by atoms with van der Waals surface area (Å²) >= 11 is 12.5. The highest BCUT2D eigenvalue weighted by molar-refractivity contribution is 6.36. The molecule has 0 saturated heterocycles. The number of hydrogen-bond donors (Lipinski definition) is 1. The summed E-state index contributed by atoms with van der Waals surface area (Å²) in [4.78, 5) is 15.8. The van der Waals surface area contributed by atoms with Crippen molar-refractivity contribution in [2.24, 2.45) is 0 Å². The average Bonchev–Trinajstić information content (AvgIpc) is 3.34. The van der Waals surface area contributed by atoms with Gasteiger partial charge in [0.25, 0.3) is 0 Å². The fraction of sp³-hybridized carbons (Fsp3) is 0.0909. The van der Waals surface area contributed by atoms with Crippen LogP contribution in [-0.4, -0.2) is 20.6 Å². The van der Waals surface area contributed by atoms with Crippen molar-refractivity contribution in [3.8, 4) is 22.4 Å². The van der Waals surface area contributed by atoms with Crippen LogP contribution in [0.15, 0.2) is 97.2 Å². The smallest absolute Gasteiger partial charge is 0.416 e. The number of alkyl halides is 3. The molecule has 1 N–H and O–H groups in total. The molecule has 0 amide bonds. The molecule has 0 atom stereocenters. The van der Waals surface area contributed by atoms with Gasteiger partial charge in [-0.3, -0.25) is 4.79 Å². The van der Waals surface area contributed by atoms with Crippen molar-refractivity contribution in [1.29, 1.82) is 0 Å². The number of benzene rings is 4. The molecule has 0 bridgehead atoms. The first-order chi connectivity index (χ1) is 20.0. The van der Waals surface area contributed by atoms with Gasteiger partial charge < -0.3 is 9.67 Å². The van der Waals surface area contributed by atoms with Crippen molar-refractivity contribution in [3.63, 3.8) is 0 Å². The minimum absolute atomic E-state index is 0.0505. The summed E-state index contributed by atoms with van der Waals surface area (Å²) in [6, 6.07) is 25.0. The van der Waals surface area contributed by atoms with Gasteiger partial charge in [-0.2, -0.15) is 13.2 Å². The number of aliphatic carboxylic acids is 1. The van der Waals surface area contributed by atoms with E-state index in [4.69, 9.17) is 33.3 Å². The summed E-state index contributed by atoms with van der Waals surface area (Å²) in [7, 11) is 0. The van der Waals surface area contributed by atoms with Gasteiger partial charge in [-0.15, -0.1) is 0 Å². The second-order valence-corrected chi connectivity index (χ2v) is 10.5. The summed E-state index contributed by atoms with van der Waals surface area (Å²) in [6.45, 7) is 0.472. The number of imidazole rings is 1. The average molecular weight is 607 g/mol. The first-order valence-electron chi connectivity index (χ1n) is 12.8. The molecule has 1 aromatic heterocycles. The lowest BCUT2D eigenvalue weighted by atomic mass is 10.0. The predicted octanol–water partition coefficient (Wildman–Crippen LogP) is 9.39. The lowest BCUT2D eigenvalue weighted by Crippen LogP contribution is -2.04. The maximum Gasteiger partial charge on any atom is 0.416 e. The van der Waals surface area contributed by atoms with Gasteiger partial charge in [0, 0.05) is 23.3 Å². The fourth-order valence-electron chi connectivity index (χ4n) is 4.48. The Labute approximate surface area is 250 Å². The number of hydrogen-bond acceptors (Lipinski definition) is 2. The van der Waals surface area contributed by atoms with Gasteiger partial charge in [-0.25, -0.2) is 4.98 Å². The quantitative estimate of drug-likeness (QED) is 0.191. The summed E-state index contributed by atoms with van der Waals surface area (Å²) in [6.07, 6.45) is 1.15. The molecular weight excluding hydrogens is 584 g/mol. The summed E-state index contributed by atoms with van der Waals surface area (Å²) in [5, 5.41) is 10.0. The zero-order valence-electron chi connectivity index (χ0n) is 21.9. The van der Waals surface area contributed by atoms with E-state index >= 15 is 0 Å². The van der Waals surface area contributed by atoms with E-state index in [1.165, 1.54) is 6.07 Å². The number of carboxylic acids is 1. The molecule has 0 fully saturated rings. The molecule has 0 aliphatic rings. The van der Waals surface area contributed by atoms with Crippen LogP contribution < -0.4 is 0 Å². The Morgan fingerprint density at radius 2 is 1.57 bits per heavy atom. The molecule has 0 unspecified atom stereocenters. The molecule has 4 nitrogen and oxygen atoms in total. The summed E-state index contributed by atoms with van der Waals surface area (Å²) in [5.41, 5.74) is 4.33. The summed E-state index contributed by atoms with van der Waals surface area (Å²) < 4.78 is 41.4. The van der Waals surface area contributed by atoms with Crippen molar-refractivity contribution in [3.05, 3.63) is 135 Å². The highest BCUT2D eigenvalue weighted by Gasteiger charge is 2.30. The van der Waals surface area contributed by atoms with Crippen LogP contribution in [0.4, 0.5) is 13.2 Å². The second kappa shape index (κ2) is 12.3. The second-order valence-electron chi connectivity index (χ2n) is 9.66. The number of carboxylic acid groups (broad SMARTS) is 1. The Kier molecular flexibility index (Phi) is 8.52. The first-order valence-corrected chi connectivity index (χ1v) is 13.6. The Morgan fingerprint density at radius 1 is 0.857 bits per heavy atom. The van der Waals surface area contributed by atoms with Crippen LogP contribution >= 0.6 is 23.2 Å². The van der Waals surface area contributed by atoms with E-state index in [1.807, 2.05) is 47.2 Å². The van der Waals surface area contributed by atoms with Crippen LogP contribution in [0.3, 0.4) is 0 Å². The summed E-state index contributed by atoms with van der Waals surface area (Å²) in [5.74, 6) is -0.246. The van der Waals surface area contributed by atoms with Crippen molar-refractivity contribution < 1.29 is 23.1 Å². The third-order valence-corrected chi connectivity index (χ3v) is 7.15. The number of carbonyl (C=O) groups is 1. The minimum Gasteiger partial charge on any atom is -0.481 e. The van der Waals surface area contributed by atoms with Gasteiger partial charge in [-0.05, 0) is 64.2 Å². The maximum absolute atomic E-state index is 13.1. The van der Waals surface area contributed by atoms with Gasteiger partial charge in [0.2, 0.25) is 0 Å². The zero-order valence-corrected chi connectivity index (χ0v) is 23.5. The molecule has 5 rings (SSSR count). The van der Waals surface area contributed by atoms with E-state index in [1.54, 1.807) is 48.5 Å². The molecule has 9 heteroatoms. The van der Waals surface area contributed by atoms with Crippen molar-refractivity contribution in [1.82, 2.24) is 9.55 Å². The predicted molar refractivity (Wildman–Crippen MR) is 160 cm³/mol. The van der Waals surface area contributed by atoms with E-state index in [-0.39, 0.29) is 6.42 Å². The third-order valence-electron chi connectivity index (χ3n) is 6.60. The highest BCUT2D eigenvalue weighted by Crippen LogP contribution is 2.33. The van der Waals surface area contributed by atoms with Gasteiger partial charge in [0.15, 0.2) is 0 Å². The normalized spacial score (nSPS) is 11.7. The van der Waals surface area contributed by atoms with Crippen LogP contribution in [0.1, 0.15) is 28.1 Å². The Morgan fingerprint density at radius 3 is 2.24 bits per heavy atom. The largest absolute Gasteiger partial charge is 0.481 e. The Hall–Kier alpha value is -4.33. The topological polar surface area (TPSA) is 55.1 Å². The zero-order chi connectivity index (χ0) is 29.9. The van der Waals surface area contributed by atoms with E-state index in [0.29, 0.717) is 44.8 Å². The van der Waals surface area contributed by atoms with Gasteiger partial charge in [-0.1, -0.05) is 89.9 Å². The van der Waals surface area contributed by atoms with Gasteiger partial charge in [0.1, 0.15) is 5.82 Å². The van der Waals surface area contributed by atoms with Crippen LogP contribution in [0, 0.1) is 0 Å². The Bertz CT molecular complexity index is 1760. The van der Waals surface area contributed by atoms with Crippen molar-refractivity contribution in [2.75, 3.05) is 0 Å². The molecule has 0 aliphatic carbocycles.